The molecular formula is C18H24N6O2. The third-order valence-corrected chi connectivity index (χ3v) is 3.37. The molecule has 0 aliphatic heterocycles. The van der Waals surface area contributed by atoms with Gasteiger partial charge < -0.3 is 20.9 Å². The van der Waals surface area contributed by atoms with E-state index in [2.05, 4.69) is 25.9 Å². The van der Waals surface area contributed by atoms with Gasteiger partial charge in [0, 0.05) is 37.5 Å². The van der Waals surface area contributed by atoms with E-state index in [4.69, 9.17) is 0 Å². The third-order valence-electron chi connectivity index (χ3n) is 3.37. The van der Waals surface area contributed by atoms with Crippen LogP contribution in [-0.2, 0) is 4.79 Å². The van der Waals surface area contributed by atoms with Gasteiger partial charge in [0.05, 0.1) is 0 Å². The molecule has 2 aromatic rings. The van der Waals surface area contributed by atoms with Crippen molar-refractivity contribution in [2.24, 2.45) is 0 Å². The number of hydrogen-bond acceptors (Lipinski definition) is 6. The Hall–Kier alpha value is -3.00. The molecule has 0 aliphatic carbocycles. The lowest BCUT2D eigenvalue weighted by molar-refractivity contribution is -0.114. The van der Waals surface area contributed by atoms with Gasteiger partial charge in [0.2, 0.25) is 5.91 Å². The normalized spacial score (nSPS) is 10.5. The summed E-state index contributed by atoms with van der Waals surface area (Å²) in [5.41, 5.74) is 1.72. The Kier molecular flexibility index (Phi) is 6.62. The molecule has 0 aliphatic rings. The summed E-state index contributed by atoms with van der Waals surface area (Å²) >= 11 is 0. The van der Waals surface area contributed by atoms with Gasteiger partial charge in [-0.15, -0.1) is 0 Å². The van der Waals surface area contributed by atoms with Gasteiger partial charge in [0.15, 0.2) is 0 Å². The van der Waals surface area contributed by atoms with Crippen LogP contribution in [0.3, 0.4) is 0 Å². The second kappa shape index (κ2) is 8.91. The summed E-state index contributed by atoms with van der Waals surface area (Å²) in [6, 6.07) is 8.84. The maximum absolute atomic E-state index is 12.3. The Morgan fingerprint density at radius 2 is 1.85 bits per heavy atom. The van der Waals surface area contributed by atoms with Gasteiger partial charge in [0.1, 0.15) is 17.3 Å². The van der Waals surface area contributed by atoms with E-state index >= 15 is 0 Å². The smallest absolute Gasteiger partial charge is 0.270 e. The zero-order valence-corrected chi connectivity index (χ0v) is 15.5. The molecule has 2 amide bonds. The average molecular weight is 356 g/mol. The summed E-state index contributed by atoms with van der Waals surface area (Å²) in [6.45, 7) is 4.47. The van der Waals surface area contributed by atoms with Gasteiger partial charge in [-0.1, -0.05) is 6.07 Å². The molecular weight excluding hydrogens is 332 g/mol. The molecule has 0 spiro atoms. The summed E-state index contributed by atoms with van der Waals surface area (Å²) in [5.74, 6) is 0.616. The fourth-order valence-corrected chi connectivity index (χ4v) is 2.26. The molecule has 26 heavy (non-hydrogen) atoms. The van der Waals surface area contributed by atoms with Gasteiger partial charge in [-0.3, -0.25) is 9.59 Å². The topological polar surface area (TPSA) is 99.2 Å². The number of rotatable bonds is 7. The lowest BCUT2D eigenvalue weighted by Crippen LogP contribution is -2.32. The molecule has 1 heterocycles. The van der Waals surface area contributed by atoms with Gasteiger partial charge in [-0.2, -0.15) is 0 Å². The first-order valence-corrected chi connectivity index (χ1v) is 8.27. The Balaban J connectivity index is 2.11. The van der Waals surface area contributed by atoms with Crippen LogP contribution >= 0.6 is 0 Å². The highest BCUT2D eigenvalue weighted by molar-refractivity contribution is 5.93. The summed E-state index contributed by atoms with van der Waals surface area (Å²) in [7, 11) is 3.89. The second-order valence-electron chi connectivity index (χ2n) is 6.13. The highest BCUT2D eigenvalue weighted by Gasteiger charge is 2.10. The van der Waals surface area contributed by atoms with Crippen LogP contribution in [0.15, 0.2) is 30.3 Å². The number of aryl methyl sites for hydroxylation is 1. The van der Waals surface area contributed by atoms with Crippen molar-refractivity contribution in [3.8, 4) is 0 Å². The number of benzene rings is 1. The fourth-order valence-electron chi connectivity index (χ4n) is 2.26. The second-order valence-corrected chi connectivity index (χ2v) is 6.13. The molecule has 2 rings (SSSR count). The number of amides is 2. The maximum atomic E-state index is 12.3. The Labute approximate surface area is 153 Å². The van der Waals surface area contributed by atoms with Crippen LogP contribution in [0.2, 0.25) is 0 Å². The van der Waals surface area contributed by atoms with Gasteiger partial charge in [-0.05, 0) is 39.2 Å². The van der Waals surface area contributed by atoms with Gasteiger partial charge in [0.25, 0.3) is 5.91 Å². The van der Waals surface area contributed by atoms with Crippen molar-refractivity contribution < 1.29 is 9.59 Å². The average Bonchev–Trinajstić information content (AvgIpc) is 2.53. The minimum Gasteiger partial charge on any atom is -0.349 e. The van der Waals surface area contributed by atoms with E-state index in [0.29, 0.717) is 29.6 Å². The monoisotopic (exact) mass is 356 g/mol. The number of anilines is 3. The lowest BCUT2D eigenvalue weighted by atomic mass is 10.2. The van der Waals surface area contributed by atoms with Crippen LogP contribution in [0, 0.1) is 6.92 Å². The van der Waals surface area contributed by atoms with E-state index in [1.165, 1.54) is 6.92 Å². The zero-order valence-electron chi connectivity index (χ0n) is 15.5. The number of likely N-dealkylation sites (N-methyl/N-ethyl adjacent to an activating group) is 1. The summed E-state index contributed by atoms with van der Waals surface area (Å²) < 4.78 is 0. The molecule has 0 atom stereocenters. The molecule has 1 aromatic carbocycles. The van der Waals surface area contributed by atoms with Crippen LogP contribution in [0.1, 0.15) is 23.2 Å². The minimum absolute atomic E-state index is 0.142. The van der Waals surface area contributed by atoms with Gasteiger partial charge >= 0.3 is 0 Å². The Morgan fingerprint density at radius 3 is 2.54 bits per heavy atom. The van der Waals surface area contributed by atoms with Crippen molar-refractivity contribution in [1.82, 2.24) is 20.2 Å². The summed E-state index contributed by atoms with van der Waals surface area (Å²) in [6.07, 6.45) is 0. The maximum Gasteiger partial charge on any atom is 0.270 e. The molecule has 1 aromatic heterocycles. The first kappa shape index (κ1) is 19.3. The number of aromatic nitrogens is 2. The SMILES string of the molecule is CC(=O)Nc1cccc(Nc2cc(C(=O)NCCN(C)C)nc(C)n2)c1. The molecule has 0 fully saturated rings. The molecule has 0 unspecified atom stereocenters. The van der Waals surface area contributed by atoms with E-state index in [0.717, 1.165) is 12.2 Å². The van der Waals surface area contributed by atoms with E-state index in [9.17, 15) is 9.59 Å². The predicted molar refractivity (Wildman–Crippen MR) is 102 cm³/mol. The van der Waals surface area contributed by atoms with Crippen molar-refractivity contribution in [3.63, 3.8) is 0 Å². The van der Waals surface area contributed by atoms with Crippen molar-refractivity contribution in [3.05, 3.63) is 41.9 Å². The first-order chi connectivity index (χ1) is 12.3. The predicted octanol–water partition coefficient (Wildman–Crippen LogP) is 1.78. The number of carbonyl (C=O) groups is 2. The van der Waals surface area contributed by atoms with E-state index in [1.807, 2.05) is 31.1 Å². The van der Waals surface area contributed by atoms with Gasteiger partial charge in [-0.25, -0.2) is 9.97 Å². The third kappa shape index (κ3) is 6.14. The standard InChI is InChI=1S/C18H24N6O2/c1-12-20-16(18(26)19-8-9-24(3)4)11-17(21-12)23-15-7-5-6-14(10-15)22-13(2)25/h5-7,10-11H,8-9H2,1-4H3,(H,19,26)(H,22,25)(H,20,21,23). The molecule has 3 N–H and O–H groups in total. The van der Waals surface area contributed by atoms with Crippen molar-refractivity contribution in [2.75, 3.05) is 37.8 Å². The first-order valence-electron chi connectivity index (χ1n) is 8.27. The Morgan fingerprint density at radius 1 is 1.12 bits per heavy atom. The lowest BCUT2D eigenvalue weighted by Gasteiger charge is -2.12. The fraction of sp³-hybridized carbons (Fsp3) is 0.333. The highest BCUT2D eigenvalue weighted by Crippen LogP contribution is 2.19. The molecule has 8 heteroatoms. The number of nitrogens with zero attached hydrogens (tertiary/aromatic N) is 3. The zero-order chi connectivity index (χ0) is 19.1. The van der Waals surface area contributed by atoms with Crippen LogP contribution < -0.4 is 16.0 Å². The van der Waals surface area contributed by atoms with Crippen LogP contribution in [0.25, 0.3) is 0 Å². The van der Waals surface area contributed by atoms with Crippen LogP contribution in [-0.4, -0.2) is 53.9 Å². The highest BCUT2D eigenvalue weighted by atomic mass is 16.2. The molecule has 0 radical (unpaired) electrons. The van der Waals surface area contributed by atoms with E-state index in [-0.39, 0.29) is 11.8 Å². The van der Waals surface area contributed by atoms with Crippen LogP contribution in [0.5, 0.6) is 0 Å². The number of carbonyl (C=O) groups excluding carboxylic acids is 2. The molecule has 0 saturated heterocycles. The molecule has 0 saturated carbocycles. The molecule has 8 nitrogen and oxygen atoms in total. The Bertz CT molecular complexity index is 791. The van der Waals surface area contributed by atoms with E-state index < -0.39 is 0 Å². The number of hydrogen-bond donors (Lipinski definition) is 3. The quantitative estimate of drug-likeness (QED) is 0.699. The number of nitrogens with one attached hydrogen (secondary N) is 3. The van der Waals surface area contributed by atoms with Crippen molar-refractivity contribution >= 4 is 29.0 Å². The van der Waals surface area contributed by atoms with Crippen LogP contribution in [0.4, 0.5) is 17.2 Å². The minimum atomic E-state index is -0.243. The summed E-state index contributed by atoms with van der Waals surface area (Å²) in [4.78, 5) is 33.9. The van der Waals surface area contributed by atoms with E-state index in [1.54, 1.807) is 25.1 Å². The largest absolute Gasteiger partial charge is 0.349 e. The van der Waals surface area contributed by atoms with Crippen molar-refractivity contribution in [1.29, 1.82) is 0 Å². The van der Waals surface area contributed by atoms with Crippen molar-refractivity contribution in [2.45, 2.75) is 13.8 Å². The molecule has 138 valence electrons. The summed E-state index contributed by atoms with van der Waals surface area (Å²) in [5, 5.41) is 8.69. The molecule has 0 bridgehead atoms.